The zero-order chi connectivity index (χ0) is 32.2. The maximum absolute atomic E-state index is 8.92. The summed E-state index contributed by atoms with van der Waals surface area (Å²) in [7, 11) is -1.04. The first-order valence-corrected chi connectivity index (χ1v) is 16.5. The van der Waals surface area contributed by atoms with Crippen molar-refractivity contribution in [2.24, 2.45) is 0 Å². The van der Waals surface area contributed by atoms with Gasteiger partial charge in [0.15, 0.2) is 0 Å². The van der Waals surface area contributed by atoms with Crippen LogP contribution in [0.4, 0.5) is 5.69 Å². The van der Waals surface area contributed by atoms with Gasteiger partial charge in [-0.1, -0.05) is 36.2 Å². The molecule has 3 aliphatic carbocycles. The molecule has 238 valence electrons. The third-order valence-electron chi connectivity index (χ3n) is 8.76. The molecular weight excluding hydrogens is 651 g/mol. The summed E-state index contributed by atoms with van der Waals surface area (Å²) in [4.78, 5) is 6.22. The molecule has 4 aliphatic rings. The van der Waals surface area contributed by atoms with Gasteiger partial charge in [-0.25, -0.2) is 0 Å². The second-order valence-corrected chi connectivity index (χ2v) is 13.2. The largest absolute Gasteiger partial charge is 0.454 e. The molecule has 47 heavy (non-hydrogen) atoms. The molecular formula is C37H38BBrN6O2. The highest BCUT2D eigenvalue weighted by Crippen LogP contribution is 2.45. The summed E-state index contributed by atoms with van der Waals surface area (Å²) in [6, 6.07) is 22.3. The van der Waals surface area contributed by atoms with Gasteiger partial charge in [-0.05, 0) is 115 Å². The standard InChI is InChI=1S/C12H12N2.C12H10N2.C9H5BrN2.C3H7BO2.CH4/c2*13-7-8-5-11(9-1-2-9)10-3-4-14-12(10)6-8;10-8-3-6(5-11)4-9-7(8)1-2-12-9;5-4(6)3-1-2-3;/h5-6,9,14H,1-4H2;3-6,9,14H,1-2H2;1-4,12H;3,5-6H,1-2H2;1H4. The molecule has 5 aromatic rings. The van der Waals surface area contributed by atoms with Crippen LogP contribution >= 0.6 is 15.9 Å². The molecule has 2 aromatic heterocycles. The van der Waals surface area contributed by atoms with E-state index in [0.717, 1.165) is 63.7 Å². The SMILES string of the molecule is C.N#Cc1cc(Br)c2cc[nH]c2c1.N#Cc1cc(C2CC2)c2cc[nH]c2c1.N#Cc1cc2c(c(C3CC3)c1)CCN2.OB(O)C1CC1. The second kappa shape index (κ2) is 14.9. The van der Waals surface area contributed by atoms with Crippen molar-refractivity contribution in [3.63, 3.8) is 0 Å². The van der Waals surface area contributed by atoms with E-state index in [1.54, 1.807) is 0 Å². The van der Waals surface area contributed by atoms with Crippen molar-refractivity contribution in [2.75, 3.05) is 11.9 Å². The van der Waals surface area contributed by atoms with Crippen LogP contribution in [0.5, 0.6) is 0 Å². The Morgan fingerprint density at radius 3 is 1.79 bits per heavy atom. The van der Waals surface area contributed by atoms with Crippen molar-refractivity contribution in [1.29, 1.82) is 15.8 Å². The monoisotopic (exact) mass is 688 g/mol. The van der Waals surface area contributed by atoms with Crippen molar-refractivity contribution in [1.82, 2.24) is 9.97 Å². The average Bonchev–Trinajstić information content (AvgIpc) is 4.03. The number of H-pyrrole nitrogens is 2. The Morgan fingerprint density at radius 1 is 0.702 bits per heavy atom. The zero-order valence-corrected chi connectivity index (χ0v) is 26.9. The van der Waals surface area contributed by atoms with E-state index < -0.39 is 7.12 Å². The highest BCUT2D eigenvalue weighted by atomic mass is 79.9. The van der Waals surface area contributed by atoms with Gasteiger partial charge in [0.05, 0.1) is 34.9 Å². The molecule has 0 unspecified atom stereocenters. The summed E-state index contributed by atoms with van der Waals surface area (Å²) in [5.74, 6) is 1.66. The number of benzene rings is 3. The molecule has 3 heterocycles. The zero-order valence-electron chi connectivity index (χ0n) is 25.4. The first-order chi connectivity index (χ1) is 22.4. The maximum atomic E-state index is 8.92. The molecule has 0 bridgehead atoms. The van der Waals surface area contributed by atoms with E-state index in [1.165, 1.54) is 53.4 Å². The van der Waals surface area contributed by atoms with E-state index in [0.29, 0.717) is 11.5 Å². The number of aromatic nitrogens is 2. The van der Waals surface area contributed by atoms with E-state index in [2.05, 4.69) is 61.6 Å². The van der Waals surface area contributed by atoms with Gasteiger partial charge in [0.25, 0.3) is 0 Å². The fourth-order valence-corrected chi connectivity index (χ4v) is 6.44. The van der Waals surface area contributed by atoms with Crippen LogP contribution < -0.4 is 5.32 Å². The normalized spacial score (nSPS) is 15.4. The van der Waals surface area contributed by atoms with Gasteiger partial charge in [-0.2, -0.15) is 15.8 Å². The predicted molar refractivity (Wildman–Crippen MR) is 191 cm³/mol. The Hall–Kier alpha value is -4.53. The van der Waals surface area contributed by atoms with E-state index in [-0.39, 0.29) is 13.2 Å². The lowest BCUT2D eigenvalue weighted by molar-refractivity contribution is 0.403. The van der Waals surface area contributed by atoms with E-state index in [4.69, 9.17) is 25.8 Å². The van der Waals surface area contributed by atoms with Crippen molar-refractivity contribution in [3.8, 4) is 18.2 Å². The molecule has 3 saturated carbocycles. The fraction of sp³-hybridized carbons (Fsp3) is 0.324. The highest BCUT2D eigenvalue weighted by Gasteiger charge is 2.33. The number of anilines is 1. The highest BCUT2D eigenvalue weighted by molar-refractivity contribution is 9.10. The Labute approximate surface area is 284 Å². The second-order valence-electron chi connectivity index (χ2n) is 12.3. The lowest BCUT2D eigenvalue weighted by Gasteiger charge is -2.07. The Balaban J connectivity index is 0.000000126. The van der Waals surface area contributed by atoms with Crippen LogP contribution in [-0.4, -0.2) is 33.7 Å². The quantitative estimate of drug-likeness (QED) is 0.120. The third-order valence-corrected chi connectivity index (χ3v) is 9.42. The number of hydrogen-bond acceptors (Lipinski definition) is 6. The van der Waals surface area contributed by atoms with Gasteiger partial charge in [0.2, 0.25) is 0 Å². The molecule has 8 nitrogen and oxygen atoms in total. The average molecular weight is 689 g/mol. The van der Waals surface area contributed by atoms with Crippen LogP contribution in [0.1, 0.15) is 91.2 Å². The van der Waals surface area contributed by atoms with Gasteiger partial charge >= 0.3 is 7.12 Å². The van der Waals surface area contributed by atoms with Crippen LogP contribution in [-0.2, 0) is 6.42 Å². The molecule has 0 atom stereocenters. The molecule has 10 heteroatoms. The Bertz CT molecular complexity index is 2000. The van der Waals surface area contributed by atoms with Crippen molar-refractivity contribution >= 4 is 50.5 Å². The summed E-state index contributed by atoms with van der Waals surface area (Å²) in [6.45, 7) is 1.03. The number of nitriles is 3. The van der Waals surface area contributed by atoms with Crippen LogP contribution in [0.15, 0.2) is 65.4 Å². The predicted octanol–water partition coefficient (Wildman–Crippen LogP) is 8.38. The van der Waals surface area contributed by atoms with Crippen LogP contribution in [0.2, 0.25) is 5.82 Å². The number of hydrogen-bond donors (Lipinski definition) is 5. The summed E-state index contributed by atoms with van der Waals surface area (Å²) in [5.41, 5.74) is 9.76. The number of rotatable bonds is 3. The Kier molecular flexibility index (Phi) is 10.7. The first-order valence-electron chi connectivity index (χ1n) is 15.7. The van der Waals surface area contributed by atoms with Gasteiger partial charge < -0.3 is 25.3 Å². The van der Waals surface area contributed by atoms with Crippen molar-refractivity contribution < 1.29 is 10.0 Å². The minimum absolute atomic E-state index is 0. The van der Waals surface area contributed by atoms with E-state index in [9.17, 15) is 0 Å². The molecule has 9 rings (SSSR count). The maximum Gasteiger partial charge on any atom is 0.454 e. The van der Waals surface area contributed by atoms with Crippen LogP contribution in [0.25, 0.3) is 21.8 Å². The number of halogens is 1. The summed E-state index contributed by atoms with van der Waals surface area (Å²) in [5, 5.41) is 48.7. The van der Waals surface area contributed by atoms with Crippen molar-refractivity contribution in [2.45, 2.75) is 70.0 Å². The Morgan fingerprint density at radius 2 is 1.23 bits per heavy atom. The molecule has 5 N–H and O–H groups in total. The minimum Gasteiger partial charge on any atom is -0.427 e. The minimum atomic E-state index is -1.04. The summed E-state index contributed by atoms with van der Waals surface area (Å²) in [6.07, 6.45) is 12.1. The van der Waals surface area contributed by atoms with Gasteiger partial charge in [0.1, 0.15) is 0 Å². The number of fused-ring (bicyclic) bond motifs is 3. The van der Waals surface area contributed by atoms with Gasteiger partial charge in [-0.15, -0.1) is 0 Å². The summed E-state index contributed by atoms with van der Waals surface area (Å²) < 4.78 is 0.956. The molecule has 0 amide bonds. The number of nitrogens with one attached hydrogen (secondary N) is 3. The lowest BCUT2D eigenvalue weighted by Crippen LogP contribution is -2.09. The molecule has 0 saturated heterocycles. The number of aromatic amines is 2. The van der Waals surface area contributed by atoms with E-state index in [1.807, 2.05) is 48.8 Å². The summed E-state index contributed by atoms with van der Waals surface area (Å²) >= 11 is 3.40. The lowest BCUT2D eigenvalue weighted by atomic mass is 9.84. The first kappa shape index (κ1) is 33.8. The third kappa shape index (κ3) is 8.26. The van der Waals surface area contributed by atoms with E-state index >= 15 is 0 Å². The van der Waals surface area contributed by atoms with Crippen LogP contribution in [0.3, 0.4) is 0 Å². The molecule has 1 aliphatic heterocycles. The molecule has 3 fully saturated rings. The van der Waals surface area contributed by atoms with Gasteiger partial charge in [0, 0.05) is 50.9 Å². The molecule has 0 radical (unpaired) electrons. The number of nitrogens with zero attached hydrogens (tertiary/aromatic N) is 3. The smallest absolute Gasteiger partial charge is 0.427 e. The van der Waals surface area contributed by atoms with Crippen molar-refractivity contribution in [3.05, 3.63) is 98.8 Å². The van der Waals surface area contributed by atoms with Crippen LogP contribution in [0, 0.1) is 34.0 Å². The molecule has 0 spiro atoms. The topological polar surface area (TPSA) is 155 Å². The fourth-order valence-electron chi connectivity index (χ4n) is 5.85. The van der Waals surface area contributed by atoms with Gasteiger partial charge in [-0.3, -0.25) is 0 Å². The molecule has 3 aromatic carbocycles.